The summed E-state index contributed by atoms with van der Waals surface area (Å²) >= 11 is 0. The van der Waals surface area contributed by atoms with Gasteiger partial charge in [0.2, 0.25) is 0 Å². The van der Waals surface area contributed by atoms with E-state index in [1.54, 1.807) is 12.8 Å². The average Bonchev–Trinajstić information content (AvgIpc) is 1.82. The minimum atomic E-state index is 1.02. The molecule has 0 bridgehead atoms. The molecule has 4 unspecified atom stereocenters. The Morgan fingerprint density at radius 3 is 1.60 bits per heavy atom. The maximum atomic E-state index is 2.43. The van der Waals surface area contributed by atoms with E-state index in [-0.39, 0.29) is 0 Å². The van der Waals surface area contributed by atoms with E-state index in [1.165, 1.54) is 12.8 Å². The summed E-state index contributed by atoms with van der Waals surface area (Å²) in [5.41, 5.74) is 0. The summed E-state index contributed by atoms with van der Waals surface area (Å²) in [7, 11) is 0. The molecule has 0 nitrogen and oxygen atoms in total. The maximum absolute atomic E-state index is 2.43. The second-order valence-corrected chi connectivity index (χ2v) is 4.28. The van der Waals surface area contributed by atoms with Crippen molar-refractivity contribution in [3.05, 3.63) is 12.2 Å². The fourth-order valence-electron chi connectivity index (χ4n) is 2.89. The third-order valence-electron chi connectivity index (χ3n) is 3.88. The molecule has 3 aliphatic rings. The number of hydrogen-bond acceptors (Lipinski definition) is 0. The number of allylic oxidation sites excluding steroid dienone is 2. The van der Waals surface area contributed by atoms with Crippen molar-refractivity contribution >= 4 is 0 Å². The lowest BCUT2D eigenvalue weighted by Crippen LogP contribution is -2.39. The minimum absolute atomic E-state index is 1.02. The topological polar surface area (TPSA) is 0 Å². The molecule has 3 aliphatic carbocycles. The van der Waals surface area contributed by atoms with Crippen molar-refractivity contribution in [3.8, 4) is 0 Å². The summed E-state index contributed by atoms with van der Waals surface area (Å²) in [5.74, 6) is 4.32. The van der Waals surface area contributed by atoms with E-state index in [9.17, 15) is 0 Å². The molecule has 0 aromatic heterocycles. The standard InChI is InChI=1S/C10H14/c1-2-8-6-10-4-3-9(10)5-7(1)8/h1-2,7-10H,3-6H2. The molecule has 2 fully saturated rings. The average molecular weight is 134 g/mol. The van der Waals surface area contributed by atoms with Crippen LogP contribution < -0.4 is 0 Å². The first-order chi connectivity index (χ1) is 4.93. The van der Waals surface area contributed by atoms with E-state index in [1.807, 2.05) is 0 Å². The van der Waals surface area contributed by atoms with E-state index < -0.39 is 0 Å². The highest BCUT2D eigenvalue weighted by Gasteiger charge is 2.42. The van der Waals surface area contributed by atoms with Crippen LogP contribution in [0.5, 0.6) is 0 Å². The quantitative estimate of drug-likeness (QED) is 0.447. The van der Waals surface area contributed by atoms with Crippen LogP contribution in [0.3, 0.4) is 0 Å². The summed E-state index contributed by atoms with van der Waals surface area (Å²) in [6, 6.07) is 0. The Labute approximate surface area is 62.3 Å². The first-order valence-corrected chi connectivity index (χ1v) is 4.62. The first-order valence-electron chi connectivity index (χ1n) is 4.62. The second kappa shape index (κ2) is 1.66. The summed E-state index contributed by atoms with van der Waals surface area (Å²) < 4.78 is 0. The molecular weight excluding hydrogens is 120 g/mol. The van der Waals surface area contributed by atoms with Gasteiger partial charge >= 0.3 is 0 Å². The zero-order valence-electron chi connectivity index (χ0n) is 6.29. The van der Waals surface area contributed by atoms with Crippen LogP contribution in [0.2, 0.25) is 0 Å². The van der Waals surface area contributed by atoms with Crippen LogP contribution >= 0.6 is 0 Å². The molecule has 0 aromatic rings. The summed E-state index contributed by atoms with van der Waals surface area (Å²) in [6.45, 7) is 0. The van der Waals surface area contributed by atoms with Gasteiger partial charge in [-0.25, -0.2) is 0 Å². The van der Waals surface area contributed by atoms with Gasteiger partial charge in [0.05, 0.1) is 0 Å². The van der Waals surface area contributed by atoms with Crippen LogP contribution in [-0.4, -0.2) is 0 Å². The lowest BCUT2D eigenvalue weighted by atomic mass is 9.56. The maximum Gasteiger partial charge on any atom is -0.0168 e. The van der Waals surface area contributed by atoms with Gasteiger partial charge in [-0.05, 0) is 49.4 Å². The monoisotopic (exact) mass is 134 g/mol. The van der Waals surface area contributed by atoms with Gasteiger partial charge in [0.1, 0.15) is 0 Å². The normalized spacial score (nSPS) is 56.0. The van der Waals surface area contributed by atoms with Gasteiger partial charge in [-0.15, -0.1) is 0 Å². The largest absolute Gasteiger partial charge is 0.0845 e. The second-order valence-electron chi connectivity index (χ2n) is 4.28. The predicted octanol–water partition coefficient (Wildman–Crippen LogP) is 2.61. The lowest BCUT2D eigenvalue weighted by Gasteiger charge is -2.49. The van der Waals surface area contributed by atoms with Crippen molar-refractivity contribution in [3.63, 3.8) is 0 Å². The molecule has 0 heterocycles. The summed E-state index contributed by atoms with van der Waals surface area (Å²) in [4.78, 5) is 0. The zero-order valence-corrected chi connectivity index (χ0v) is 6.29. The van der Waals surface area contributed by atoms with E-state index >= 15 is 0 Å². The highest BCUT2D eigenvalue weighted by Crippen LogP contribution is 2.52. The Morgan fingerprint density at radius 2 is 1.30 bits per heavy atom. The predicted molar refractivity (Wildman–Crippen MR) is 41.6 cm³/mol. The van der Waals surface area contributed by atoms with Crippen molar-refractivity contribution in [1.29, 1.82) is 0 Å². The van der Waals surface area contributed by atoms with Crippen LogP contribution in [0, 0.1) is 23.7 Å². The fourth-order valence-corrected chi connectivity index (χ4v) is 2.89. The Kier molecular flexibility index (Phi) is 0.898. The van der Waals surface area contributed by atoms with E-state index in [2.05, 4.69) is 12.2 Å². The Hall–Kier alpha value is -0.260. The van der Waals surface area contributed by atoms with Crippen LogP contribution in [0.1, 0.15) is 25.7 Å². The first kappa shape index (κ1) is 5.40. The molecule has 54 valence electrons. The molecule has 0 saturated heterocycles. The SMILES string of the molecule is C1=CC2CC3CCC3CC12. The molecule has 0 heteroatoms. The molecule has 0 amide bonds. The number of hydrogen-bond donors (Lipinski definition) is 0. The Balaban J connectivity index is 1.80. The van der Waals surface area contributed by atoms with Gasteiger partial charge in [0, 0.05) is 0 Å². The molecule has 4 atom stereocenters. The van der Waals surface area contributed by atoms with Crippen LogP contribution in [0.15, 0.2) is 12.2 Å². The van der Waals surface area contributed by atoms with Crippen molar-refractivity contribution in [1.82, 2.24) is 0 Å². The molecule has 10 heavy (non-hydrogen) atoms. The molecule has 0 aromatic carbocycles. The summed E-state index contributed by atoms with van der Waals surface area (Å²) in [6.07, 6.45) is 11.0. The molecule has 2 saturated carbocycles. The van der Waals surface area contributed by atoms with Gasteiger partial charge in [-0.2, -0.15) is 0 Å². The smallest absolute Gasteiger partial charge is 0.0168 e. The molecule has 3 rings (SSSR count). The molecule has 0 N–H and O–H groups in total. The third-order valence-corrected chi connectivity index (χ3v) is 3.88. The Morgan fingerprint density at radius 1 is 0.800 bits per heavy atom. The lowest BCUT2D eigenvalue weighted by molar-refractivity contribution is 0.0579. The van der Waals surface area contributed by atoms with Gasteiger partial charge in [-0.3, -0.25) is 0 Å². The number of fused-ring (bicyclic) bond motifs is 2. The van der Waals surface area contributed by atoms with Gasteiger partial charge in [0.25, 0.3) is 0 Å². The molecule has 0 spiro atoms. The molecule has 0 radical (unpaired) electrons. The van der Waals surface area contributed by atoms with E-state index in [0.717, 1.165) is 23.7 Å². The van der Waals surface area contributed by atoms with Gasteiger partial charge in [0.15, 0.2) is 0 Å². The van der Waals surface area contributed by atoms with Crippen molar-refractivity contribution in [2.24, 2.45) is 23.7 Å². The van der Waals surface area contributed by atoms with E-state index in [0.29, 0.717) is 0 Å². The van der Waals surface area contributed by atoms with Crippen molar-refractivity contribution in [2.75, 3.05) is 0 Å². The minimum Gasteiger partial charge on any atom is -0.0845 e. The number of rotatable bonds is 0. The van der Waals surface area contributed by atoms with Crippen LogP contribution in [0.4, 0.5) is 0 Å². The fraction of sp³-hybridized carbons (Fsp3) is 0.800. The summed E-state index contributed by atoms with van der Waals surface area (Å²) in [5, 5.41) is 0. The third kappa shape index (κ3) is 0.531. The Bertz CT molecular complexity index is 160. The van der Waals surface area contributed by atoms with Crippen molar-refractivity contribution in [2.45, 2.75) is 25.7 Å². The highest BCUT2D eigenvalue weighted by molar-refractivity contribution is 5.13. The zero-order chi connectivity index (χ0) is 6.55. The van der Waals surface area contributed by atoms with Crippen molar-refractivity contribution < 1.29 is 0 Å². The highest BCUT2D eigenvalue weighted by atomic mass is 14.5. The van der Waals surface area contributed by atoms with E-state index in [4.69, 9.17) is 0 Å². The van der Waals surface area contributed by atoms with Gasteiger partial charge in [-0.1, -0.05) is 12.2 Å². The van der Waals surface area contributed by atoms with Gasteiger partial charge < -0.3 is 0 Å². The molecular formula is C10H14. The molecule has 0 aliphatic heterocycles. The van der Waals surface area contributed by atoms with Crippen LogP contribution in [-0.2, 0) is 0 Å². The van der Waals surface area contributed by atoms with Crippen LogP contribution in [0.25, 0.3) is 0 Å².